The minimum absolute atomic E-state index is 0.529. The van der Waals surface area contributed by atoms with Crippen molar-refractivity contribution in [2.24, 2.45) is 11.8 Å². The molecule has 0 aliphatic carbocycles. The third-order valence-electron chi connectivity index (χ3n) is 1.12. The summed E-state index contributed by atoms with van der Waals surface area (Å²) in [7, 11) is -1.84. The molecule has 0 amide bonds. The van der Waals surface area contributed by atoms with Gasteiger partial charge in [-0.3, -0.25) is 0 Å². The first kappa shape index (κ1) is 12.4. The molecule has 2 nitrogen and oxygen atoms in total. The first-order chi connectivity index (χ1) is 5.52. The van der Waals surface area contributed by atoms with Crippen LogP contribution in [0.2, 0.25) is 0 Å². The fourth-order valence-corrected chi connectivity index (χ4v) is 2.19. The van der Waals surface area contributed by atoms with Gasteiger partial charge in [0.25, 0.3) is 0 Å². The van der Waals surface area contributed by atoms with E-state index in [9.17, 15) is 0 Å². The van der Waals surface area contributed by atoms with Crippen molar-refractivity contribution in [2.45, 2.75) is 27.7 Å². The average Bonchev–Trinajstić information content (AvgIpc) is 1.96. The third kappa shape index (κ3) is 8.52. The molecule has 0 aromatic carbocycles. The van der Waals surface area contributed by atoms with E-state index in [1.165, 1.54) is 0 Å². The Morgan fingerprint density at radius 3 is 1.58 bits per heavy atom. The first-order valence-corrected chi connectivity index (χ1v) is 7.08. The predicted octanol–water partition coefficient (Wildman–Crippen LogP) is 2.29. The van der Waals surface area contributed by atoms with Gasteiger partial charge in [0.15, 0.2) is 0 Å². The first-order valence-electron chi connectivity index (χ1n) is 4.39. The molecule has 0 aromatic heterocycles. The van der Waals surface area contributed by atoms with Crippen molar-refractivity contribution < 1.29 is 8.85 Å². The second-order valence-electron chi connectivity index (χ2n) is 3.73. The number of hydrogen-bond acceptors (Lipinski definition) is 2. The van der Waals surface area contributed by atoms with E-state index in [2.05, 4.69) is 27.7 Å². The van der Waals surface area contributed by atoms with E-state index in [0.29, 0.717) is 25.0 Å². The Labute approximate surface area is 81.8 Å². The van der Waals surface area contributed by atoms with Crippen LogP contribution in [0.15, 0.2) is 0 Å². The van der Waals surface area contributed by atoms with Gasteiger partial charge < -0.3 is 8.85 Å². The van der Waals surface area contributed by atoms with Gasteiger partial charge in [-0.05, 0) is 11.8 Å². The standard InChI is InChI=1S/C8H19ClO2Si/c1-7(2)5-10-12(9)11-6-8(3)4/h7-8,12H,5-6H2,1-4H3. The van der Waals surface area contributed by atoms with Crippen LogP contribution in [0.4, 0.5) is 0 Å². The molecule has 0 radical (unpaired) electrons. The Kier molecular flexibility index (Phi) is 7.14. The number of hydrogen-bond donors (Lipinski definition) is 0. The van der Waals surface area contributed by atoms with Crippen LogP contribution in [0, 0.1) is 11.8 Å². The molecule has 0 aromatic rings. The number of halogens is 1. The molecule has 0 bridgehead atoms. The maximum atomic E-state index is 5.86. The van der Waals surface area contributed by atoms with Gasteiger partial charge >= 0.3 is 8.59 Å². The molecule has 0 rings (SSSR count). The average molecular weight is 211 g/mol. The van der Waals surface area contributed by atoms with Crippen LogP contribution < -0.4 is 0 Å². The minimum atomic E-state index is -1.84. The highest BCUT2D eigenvalue weighted by atomic mass is 35.6. The lowest BCUT2D eigenvalue weighted by Crippen LogP contribution is -2.21. The summed E-state index contributed by atoms with van der Waals surface area (Å²) in [5, 5.41) is 0. The Morgan fingerprint density at radius 2 is 1.33 bits per heavy atom. The van der Waals surface area contributed by atoms with Gasteiger partial charge in [-0.1, -0.05) is 27.7 Å². The Morgan fingerprint density at radius 1 is 1.00 bits per heavy atom. The monoisotopic (exact) mass is 210 g/mol. The zero-order chi connectivity index (χ0) is 9.56. The van der Waals surface area contributed by atoms with Crippen molar-refractivity contribution >= 4 is 19.7 Å². The van der Waals surface area contributed by atoms with Crippen molar-refractivity contribution in [3.63, 3.8) is 0 Å². The van der Waals surface area contributed by atoms with Crippen molar-refractivity contribution in [2.75, 3.05) is 13.2 Å². The summed E-state index contributed by atoms with van der Waals surface area (Å²) >= 11 is 5.86. The molecule has 0 N–H and O–H groups in total. The van der Waals surface area contributed by atoms with Crippen LogP contribution in [0.3, 0.4) is 0 Å². The van der Waals surface area contributed by atoms with E-state index in [0.717, 1.165) is 0 Å². The summed E-state index contributed by atoms with van der Waals surface area (Å²) in [4.78, 5) is 0. The smallest absolute Gasteiger partial charge is 0.385 e. The molecule has 0 saturated heterocycles. The van der Waals surface area contributed by atoms with Crippen molar-refractivity contribution in [3.05, 3.63) is 0 Å². The molecule has 0 aliphatic rings. The van der Waals surface area contributed by atoms with E-state index in [1.807, 2.05) is 0 Å². The van der Waals surface area contributed by atoms with Gasteiger partial charge in [0.05, 0.1) is 0 Å². The van der Waals surface area contributed by atoms with E-state index in [4.69, 9.17) is 19.9 Å². The normalized spacial score (nSPS) is 12.0. The fourth-order valence-electron chi connectivity index (χ4n) is 0.584. The van der Waals surface area contributed by atoms with Crippen LogP contribution in [0.1, 0.15) is 27.7 Å². The summed E-state index contributed by atoms with van der Waals surface area (Å²) in [6, 6.07) is 0. The van der Waals surface area contributed by atoms with Gasteiger partial charge in [-0.25, -0.2) is 0 Å². The van der Waals surface area contributed by atoms with E-state index in [-0.39, 0.29) is 0 Å². The van der Waals surface area contributed by atoms with Crippen LogP contribution in [0.5, 0.6) is 0 Å². The lowest BCUT2D eigenvalue weighted by Gasteiger charge is -2.13. The second-order valence-corrected chi connectivity index (χ2v) is 6.01. The van der Waals surface area contributed by atoms with Crippen LogP contribution in [0.25, 0.3) is 0 Å². The summed E-state index contributed by atoms with van der Waals surface area (Å²) in [5.41, 5.74) is 0. The highest BCUT2D eigenvalue weighted by molar-refractivity contribution is 6.99. The van der Waals surface area contributed by atoms with Crippen molar-refractivity contribution in [1.29, 1.82) is 0 Å². The second kappa shape index (κ2) is 6.89. The molecule has 0 unspecified atom stereocenters. The molecule has 0 heterocycles. The van der Waals surface area contributed by atoms with E-state index >= 15 is 0 Å². The summed E-state index contributed by atoms with van der Waals surface area (Å²) < 4.78 is 10.7. The molecule has 0 spiro atoms. The Bertz CT molecular complexity index is 97.2. The molecule has 4 heteroatoms. The van der Waals surface area contributed by atoms with E-state index < -0.39 is 8.59 Å². The predicted molar refractivity (Wildman–Crippen MR) is 54.6 cm³/mol. The van der Waals surface area contributed by atoms with Gasteiger partial charge in [0.2, 0.25) is 0 Å². The van der Waals surface area contributed by atoms with Gasteiger partial charge in [0.1, 0.15) is 0 Å². The molecule has 0 saturated carbocycles. The van der Waals surface area contributed by atoms with Crippen LogP contribution >= 0.6 is 11.1 Å². The minimum Gasteiger partial charge on any atom is -0.385 e. The van der Waals surface area contributed by atoms with Crippen LogP contribution in [-0.4, -0.2) is 21.8 Å². The van der Waals surface area contributed by atoms with Crippen molar-refractivity contribution in [3.8, 4) is 0 Å². The molecular weight excluding hydrogens is 192 g/mol. The highest BCUT2D eigenvalue weighted by Gasteiger charge is 2.10. The van der Waals surface area contributed by atoms with Gasteiger partial charge in [0, 0.05) is 13.2 Å². The lowest BCUT2D eigenvalue weighted by molar-refractivity contribution is 0.178. The van der Waals surface area contributed by atoms with Gasteiger partial charge in [-0.15, -0.1) is 11.1 Å². The largest absolute Gasteiger partial charge is 0.426 e. The van der Waals surface area contributed by atoms with Crippen molar-refractivity contribution in [1.82, 2.24) is 0 Å². The maximum absolute atomic E-state index is 5.86. The maximum Gasteiger partial charge on any atom is 0.426 e. The molecule has 0 aliphatic heterocycles. The highest BCUT2D eigenvalue weighted by Crippen LogP contribution is 2.02. The molecule has 0 fully saturated rings. The molecule has 0 atom stereocenters. The summed E-state index contributed by atoms with van der Waals surface area (Å²) in [5.74, 6) is 1.06. The lowest BCUT2D eigenvalue weighted by atomic mass is 10.2. The summed E-state index contributed by atoms with van der Waals surface area (Å²) in [6.07, 6.45) is 0. The quantitative estimate of drug-likeness (QED) is 0.495. The third-order valence-corrected chi connectivity index (χ3v) is 2.79. The Hall–Kier alpha value is 0.427. The zero-order valence-electron chi connectivity index (χ0n) is 8.34. The molecule has 12 heavy (non-hydrogen) atoms. The Balaban J connectivity index is 3.27. The fraction of sp³-hybridized carbons (Fsp3) is 1.00. The SMILES string of the molecule is CC(C)CO[SiH](Cl)OCC(C)C. The number of rotatable bonds is 6. The zero-order valence-corrected chi connectivity index (χ0v) is 10.3. The summed E-state index contributed by atoms with van der Waals surface area (Å²) in [6.45, 7) is 9.80. The van der Waals surface area contributed by atoms with E-state index in [1.54, 1.807) is 0 Å². The van der Waals surface area contributed by atoms with Crippen LogP contribution in [-0.2, 0) is 8.85 Å². The molecular formula is C8H19ClO2Si. The van der Waals surface area contributed by atoms with Gasteiger partial charge in [-0.2, -0.15) is 0 Å². The topological polar surface area (TPSA) is 18.5 Å². The molecule has 74 valence electrons.